The Hall–Kier alpha value is -1.28. The van der Waals surface area contributed by atoms with E-state index in [0.29, 0.717) is 23.9 Å². The lowest BCUT2D eigenvalue weighted by atomic mass is 9.46. The first kappa shape index (κ1) is 25.0. The van der Waals surface area contributed by atoms with Gasteiger partial charge >= 0.3 is 0 Å². The summed E-state index contributed by atoms with van der Waals surface area (Å²) in [6, 6.07) is 0. The van der Waals surface area contributed by atoms with Crippen LogP contribution in [-0.2, 0) is 9.47 Å². The maximum atomic E-state index is 7.06. The average molecular weight is 491 g/mol. The highest BCUT2D eigenvalue weighted by atomic mass is 16.7. The van der Waals surface area contributed by atoms with Crippen LogP contribution in [0.5, 0.6) is 0 Å². The number of fused-ring (bicyclic) bond motifs is 5. The van der Waals surface area contributed by atoms with Crippen molar-refractivity contribution in [1.82, 2.24) is 0 Å². The van der Waals surface area contributed by atoms with E-state index in [1.807, 2.05) is 0 Å². The highest BCUT2D eigenvalue weighted by Crippen LogP contribution is 2.65. The molecular formula is C34H50O2. The lowest BCUT2D eigenvalue weighted by molar-refractivity contribution is -0.279. The van der Waals surface area contributed by atoms with Crippen LogP contribution < -0.4 is 0 Å². The number of allylic oxidation sites excluding steroid dienone is 7. The number of hydrogen-bond donors (Lipinski definition) is 0. The predicted molar refractivity (Wildman–Crippen MR) is 148 cm³/mol. The molecule has 9 atom stereocenters. The van der Waals surface area contributed by atoms with Gasteiger partial charge in [0.2, 0.25) is 6.29 Å². The van der Waals surface area contributed by atoms with Crippen molar-refractivity contribution in [2.45, 2.75) is 112 Å². The van der Waals surface area contributed by atoms with Crippen molar-refractivity contribution in [3.8, 4) is 0 Å². The zero-order valence-electron chi connectivity index (χ0n) is 23.8. The molecule has 36 heavy (non-hydrogen) atoms. The Balaban J connectivity index is 1.21. The second-order valence-corrected chi connectivity index (χ2v) is 14.4. The van der Waals surface area contributed by atoms with Gasteiger partial charge in [-0.2, -0.15) is 0 Å². The molecule has 0 aromatic carbocycles. The molecule has 0 heterocycles. The van der Waals surface area contributed by atoms with Crippen LogP contribution in [0.4, 0.5) is 0 Å². The summed E-state index contributed by atoms with van der Waals surface area (Å²) < 4.78 is 14.0. The van der Waals surface area contributed by atoms with E-state index in [-0.39, 0.29) is 11.7 Å². The van der Waals surface area contributed by atoms with E-state index in [1.54, 1.807) is 16.7 Å². The lowest BCUT2D eigenvalue weighted by Gasteiger charge is -2.62. The minimum Gasteiger partial charge on any atom is -0.468 e. The predicted octanol–water partition coefficient (Wildman–Crippen LogP) is 9.01. The molecule has 4 fully saturated rings. The molecule has 6 aliphatic carbocycles. The second kappa shape index (κ2) is 9.48. The zero-order valence-corrected chi connectivity index (χ0v) is 23.8. The highest BCUT2D eigenvalue weighted by Gasteiger charge is 2.63. The molecule has 198 valence electrons. The van der Waals surface area contributed by atoms with Crippen LogP contribution >= 0.6 is 0 Å². The zero-order chi connectivity index (χ0) is 25.2. The summed E-state index contributed by atoms with van der Waals surface area (Å²) in [5, 5.41) is 0. The Morgan fingerprint density at radius 3 is 2.53 bits per heavy atom. The molecule has 6 aliphatic rings. The van der Waals surface area contributed by atoms with Crippen molar-refractivity contribution in [3.05, 3.63) is 46.8 Å². The van der Waals surface area contributed by atoms with Gasteiger partial charge in [0.15, 0.2) is 0 Å². The Morgan fingerprint density at radius 1 is 1.00 bits per heavy atom. The van der Waals surface area contributed by atoms with E-state index in [1.165, 1.54) is 38.5 Å². The normalized spacial score (nSPS) is 40.3. The smallest absolute Gasteiger partial charge is 0.208 e. The molecule has 0 aliphatic heterocycles. The SMILES string of the molecule is CC(C)CC(C1=CC=C(OC(OC2CC3C4CCCC4C23)C2(C)C=C3CC3=CC(C)C2)CC1)C(C)C. The topological polar surface area (TPSA) is 18.5 Å². The van der Waals surface area contributed by atoms with Gasteiger partial charge in [0.25, 0.3) is 0 Å². The van der Waals surface area contributed by atoms with Gasteiger partial charge in [-0.3, -0.25) is 0 Å². The van der Waals surface area contributed by atoms with Gasteiger partial charge in [-0.15, -0.1) is 0 Å². The molecule has 4 saturated carbocycles. The molecular weight excluding hydrogens is 440 g/mol. The summed E-state index contributed by atoms with van der Waals surface area (Å²) in [7, 11) is 0. The van der Waals surface area contributed by atoms with Crippen molar-refractivity contribution in [2.75, 3.05) is 0 Å². The molecule has 0 saturated heterocycles. The summed E-state index contributed by atoms with van der Waals surface area (Å²) in [5.41, 5.74) is 4.65. The first-order valence-corrected chi connectivity index (χ1v) is 15.4. The van der Waals surface area contributed by atoms with Crippen LogP contribution in [-0.4, -0.2) is 12.4 Å². The summed E-state index contributed by atoms with van der Waals surface area (Å²) in [6.07, 6.45) is 21.3. The third-order valence-corrected chi connectivity index (χ3v) is 10.8. The van der Waals surface area contributed by atoms with Crippen molar-refractivity contribution < 1.29 is 9.47 Å². The fourth-order valence-electron chi connectivity index (χ4n) is 8.95. The van der Waals surface area contributed by atoms with Crippen molar-refractivity contribution in [1.29, 1.82) is 0 Å². The maximum Gasteiger partial charge on any atom is 0.208 e. The van der Waals surface area contributed by atoms with Gasteiger partial charge in [-0.25, -0.2) is 0 Å². The average Bonchev–Trinajstić information content (AvgIpc) is 3.40. The van der Waals surface area contributed by atoms with Crippen molar-refractivity contribution >= 4 is 0 Å². The van der Waals surface area contributed by atoms with Gasteiger partial charge in [0, 0.05) is 11.8 Å². The summed E-state index contributed by atoms with van der Waals surface area (Å²) in [6.45, 7) is 14.3. The number of hydrogen-bond acceptors (Lipinski definition) is 2. The van der Waals surface area contributed by atoms with E-state index in [4.69, 9.17) is 9.47 Å². The molecule has 0 amide bonds. The molecule has 2 heteroatoms. The molecule has 0 aromatic heterocycles. The molecule has 2 nitrogen and oxygen atoms in total. The minimum atomic E-state index is -0.176. The Labute approximate surface area is 220 Å². The summed E-state index contributed by atoms with van der Waals surface area (Å²) in [4.78, 5) is 0. The molecule has 0 aromatic rings. The van der Waals surface area contributed by atoms with Gasteiger partial charge in [0.05, 0.1) is 11.9 Å². The second-order valence-electron chi connectivity index (χ2n) is 14.4. The van der Waals surface area contributed by atoms with Gasteiger partial charge in [-0.05, 0) is 110 Å². The van der Waals surface area contributed by atoms with E-state index in [9.17, 15) is 0 Å². The van der Waals surface area contributed by atoms with Crippen molar-refractivity contribution in [3.63, 3.8) is 0 Å². The van der Waals surface area contributed by atoms with Gasteiger partial charge in [0.1, 0.15) is 0 Å². The van der Waals surface area contributed by atoms with Crippen LogP contribution in [0.3, 0.4) is 0 Å². The number of ether oxygens (including phenoxy) is 2. The van der Waals surface area contributed by atoms with Crippen LogP contribution in [0.25, 0.3) is 0 Å². The molecule has 0 spiro atoms. The van der Waals surface area contributed by atoms with Gasteiger partial charge < -0.3 is 9.47 Å². The Kier molecular flexibility index (Phi) is 6.59. The third kappa shape index (κ3) is 4.59. The summed E-state index contributed by atoms with van der Waals surface area (Å²) in [5.74, 6) is 7.55. The molecule has 0 N–H and O–H groups in total. The largest absolute Gasteiger partial charge is 0.468 e. The fraction of sp³-hybridized carbons (Fsp3) is 0.765. The first-order valence-electron chi connectivity index (χ1n) is 15.4. The van der Waals surface area contributed by atoms with E-state index in [0.717, 1.165) is 54.6 Å². The molecule has 0 bridgehead atoms. The van der Waals surface area contributed by atoms with Gasteiger partial charge in [-0.1, -0.05) is 71.8 Å². The Bertz CT molecular complexity index is 979. The van der Waals surface area contributed by atoms with E-state index < -0.39 is 0 Å². The van der Waals surface area contributed by atoms with Crippen LogP contribution in [0, 0.1) is 52.8 Å². The monoisotopic (exact) mass is 490 g/mol. The van der Waals surface area contributed by atoms with Crippen LogP contribution in [0.1, 0.15) is 99.3 Å². The fourth-order valence-corrected chi connectivity index (χ4v) is 8.95. The van der Waals surface area contributed by atoms with E-state index in [2.05, 4.69) is 65.8 Å². The maximum absolute atomic E-state index is 7.06. The van der Waals surface area contributed by atoms with Crippen molar-refractivity contribution in [2.24, 2.45) is 52.8 Å². The molecule has 0 radical (unpaired) electrons. The highest BCUT2D eigenvalue weighted by molar-refractivity contribution is 5.52. The number of rotatable bonds is 9. The van der Waals surface area contributed by atoms with E-state index >= 15 is 0 Å². The van der Waals surface area contributed by atoms with Crippen LogP contribution in [0.2, 0.25) is 0 Å². The third-order valence-electron chi connectivity index (χ3n) is 10.8. The van der Waals surface area contributed by atoms with Crippen LogP contribution in [0.15, 0.2) is 46.8 Å². The minimum absolute atomic E-state index is 0.0731. The molecule has 6 rings (SSSR count). The molecule has 9 unspecified atom stereocenters. The quantitative estimate of drug-likeness (QED) is 0.300. The standard InChI is InChI=1S/C34H50O2/c1-20(2)14-29(21(3)4)23-10-12-26(13-11-23)35-33(34(6)18-22(5)15-24-16-25(24)19-34)36-31-17-30-27-8-7-9-28(27)32(30)31/h10,12,15,19-22,27-33H,7-9,11,13-14,16-18H2,1-6H3. The lowest BCUT2D eigenvalue weighted by Crippen LogP contribution is -2.61. The summed E-state index contributed by atoms with van der Waals surface area (Å²) >= 11 is 0. The Morgan fingerprint density at radius 2 is 1.81 bits per heavy atom. The first-order chi connectivity index (χ1) is 17.2.